The molecule has 0 atom stereocenters. The summed E-state index contributed by atoms with van der Waals surface area (Å²) in [5.41, 5.74) is 1.36. The fourth-order valence-electron chi connectivity index (χ4n) is 4.73. The first-order valence-corrected chi connectivity index (χ1v) is 12.5. The number of methoxy groups -OCH3 is 1. The third kappa shape index (κ3) is 6.42. The van der Waals surface area contributed by atoms with Crippen molar-refractivity contribution in [3.63, 3.8) is 0 Å². The smallest absolute Gasteiger partial charge is 0.414 e. The lowest BCUT2D eigenvalue weighted by molar-refractivity contribution is -0.159. The van der Waals surface area contributed by atoms with Crippen LogP contribution in [0.25, 0.3) is 21.7 Å². The molecule has 2 heterocycles. The van der Waals surface area contributed by atoms with Crippen LogP contribution in [-0.4, -0.2) is 70.5 Å². The van der Waals surface area contributed by atoms with Crippen LogP contribution >= 0.6 is 0 Å². The van der Waals surface area contributed by atoms with Crippen LogP contribution in [0.1, 0.15) is 24.8 Å². The van der Waals surface area contributed by atoms with Crippen LogP contribution in [0.15, 0.2) is 66.9 Å². The number of aromatic nitrogens is 1. The van der Waals surface area contributed by atoms with Crippen molar-refractivity contribution >= 4 is 33.6 Å². The molecule has 4 aromatic rings. The van der Waals surface area contributed by atoms with Gasteiger partial charge in [0.1, 0.15) is 11.5 Å². The van der Waals surface area contributed by atoms with Crippen molar-refractivity contribution < 1.29 is 34.4 Å². The van der Waals surface area contributed by atoms with Gasteiger partial charge in [-0.05, 0) is 72.0 Å². The molecule has 1 aromatic heterocycles. The molecule has 1 aliphatic heterocycles. The van der Waals surface area contributed by atoms with E-state index in [1.807, 2.05) is 30.5 Å². The molecule has 9 heteroatoms. The second kappa shape index (κ2) is 12.0. The maximum atomic E-state index is 11.3. The number of hydrogen-bond acceptors (Lipinski definition) is 6. The molecule has 1 aliphatic rings. The minimum Gasteiger partial charge on any atom is -0.497 e. The number of nitrogens with zero attached hydrogens (tertiary/aromatic N) is 1. The van der Waals surface area contributed by atoms with Gasteiger partial charge in [-0.1, -0.05) is 24.3 Å². The molecule has 5 rings (SSSR count). The van der Waals surface area contributed by atoms with E-state index in [1.165, 1.54) is 0 Å². The van der Waals surface area contributed by atoms with Gasteiger partial charge in [0, 0.05) is 36.7 Å². The molecular weight excluding hydrogens is 488 g/mol. The monoisotopic (exact) mass is 520 g/mol. The van der Waals surface area contributed by atoms with Gasteiger partial charge in [0.15, 0.2) is 0 Å². The van der Waals surface area contributed by atoms with E-state index in [1.54, 1.807) is 7.11 Å². The fourth-order valence-corrected chi connectivity index (χ4v) is 4.73. The van der Waals surface area contributed by atoms with Crippen molar-refractivity contribution in [3.05, 3.63) is 72.4 Å². The Labute approximate surface area is 220 Å². The molecule has 0 unspecified atom stereocenters. The number of carboxylic acid groups (broad SMARTS) is 2. The first-order chi connectivity index (χ1) is 18.3. The van der Waals surface area contributed by atoms with Gasteiger partial charge < -0.3 is 34.7 Å². The molecule has 3 aromatic carbocycles. The van der Waals surface area contributed by atoms with Crippen LogP contribution in [0.3, 0.4) is 0 Å². The van der Waals surface area contributed by atoms with Gasteiger partial charge in [0.05, 0.1) is 19.3 Å². The van der Waals surface area contributed by atoms with Gasteiger partial charge in [0.2, 0.25) is 0 Å². The molecule has 0 saturated carbocycles. The fraction of sp³-hybridized carbons (Fsp3) is 0.310. The van der Waals surface area contributed by atoms with E-state index >= 15 is 0 Å². The normalized spacial score (nSPS) is 15.0. The Morgan fingerprint density at radius 3 is 2.39 bits per heavy atom. The van der Waals surface area contributed by atoms with Gasteiger partial charge >= 0.3 is 11.9 Å². The number of rotatable bonds is 7. The van der Waals surface area contributed by atoms with Crippen LogP contribution < -0.4 is 9.47 Å². The largest absolute Gasteiger partial charge is 0.497 e. The predicted molar refractivity (Wildman–Crippen MR) is 144 cm³/mol. The minimum atomic E-state index is -1.82. The summed E-state index contributed by atoms with van der Waals surface area (Å²) in [5, 5.41) is 29.5. The Hall–Kier alpha value is -4.08. The second-order valence-corrected chi connectivity index (χ2v) is 9.31. The Bertz CT molecular complexity index is 1390. The predicted octanol–water partition coefficient (Wildman–Crippen LogP) is 4.24. The van der Waals surface area contributed by atoms with Crippen molar-refractivity contribution in [2.24, 2.45) is 0 Å². The van der Waals surface area contributed by atoms with Crippen molar-refractivity contribution in [1.29, 1.82) is 0 Å². The maximum absolute atomic E-state index is 11.3. The number of likely N-dealkylation sites (tertiary alicyclic amines) is 1. The summed E-state index contributed by atoms with van der Waals surface area (Å²) in [7, 11) is 1.68. The first-order valence-electron chi connectivity index (χ1n) is 12.5. The maximum Gasteiger partial charge on any atom is 0.414 e. The van der Waals surface area contributed by atoms with Crippen molar-refractivity contribution in [3.8, 4) is 11.5 Å². The molecular formula is C29H32N2O7. The van der Waals surface area contributed by atoms with E-state index in [9.17, 15) is 5.11 Å². The number of ether oxygens (including phenoxy) is 2. The Morgan fingerprint density at radius 1 is 0.974 bits per heavy atom. The van der Waals surface area contributed by atoms with Crippen LogP contribution in [0.4, 0.5) is 0 Å². The van der Waals surface area contributed by atoms with Gasteiger partial charge in [-0.15, -0.1) is 0 Å². The number of aliphatic carboxylic acids is 2. The molecule has 1 saturated heterocycles. The van der Waals surface area contributed by atoms with Gasteiger partial charge in [-0.3, -0.25) is 0 Å². The summed E-state index contributed by atoms with van der Waals surface area (Å²) in [6.45, 7) is 3.46. The van der Waals surface area contributed by atoms with Crippen molar-refractivity contribution in [2.75, 3.05) is 33.4 Å². The molecule has 0 radical (unpaired) electrons. The highest BCUT2D eigenvalue weighted by Gasteiger charge is 2.33. The van der Waals surface area contributed by atoms with Crippen molar-refractivity contribution in [1.82, 2.24) is 9.88 Å². The first kappa shape index (κ1) is 27.0. The van der Waals surface area contributed by atoms with E-state index in [2.05, 4.69) is 46.3 Å². The molecule has 4 N–H and O–H groups in total. The Kier molecular flexibility index (Phi) is 8.50. The molecule has 0 amide bonds. The third-order valence-corrected chi connectivity index (χ3v) is 6.88. The second-order valence-electron chi connectivity index (χ2n) is 9.31. The number of aromatic amines is 1. The van der Waals surface area contributed by atoms with E-state index in [-0.39, 0.29) is 0 Å². The molecule has 200 valence electrons. The third-order valence-electron chi connectivity index (χ3n) is 6.88. The number of carboxylic acids is 2. The van der Waals surface area contributed by atoms with E-state index < -0.39 is 17.5 Å². The van der Waals surface area contributed by atoms with Crippen LogP contribution in [0.5, 0.6) is 11.5 Å². The summed E-state index contributed by atoms with van der Waals surface area (Å²) in [5.74, 6) is -1.86. The minimum absolute atomic E-state index is 0.694. The highest BCUT2D eigenvalue weighted by Crippen LogP contribution is 2.35. The number of hydrogen-bond donors (Lipinski definition) is 4. The Balaban J connectivity index is 0.000000505. The highest BCUT2D eigenvalue weighted by atomic mass is 16.5. The average Bonchev–Trinajstić information content (AvgIpc) is 3.41. The summed E-state index contributed by atoms with van der Waals surface area (Å²) in [6.07, 6.45) is 4.41. The number of H-pyrrole nitrogens is 1. The van der Waals surface area contributed by atoms with Gasteiger partial charge in [-0.25, -0.2) is 9.59 Å². The van der Waals surface area contributed by atoms with E-state index in [4.69, 9.17) is 29.3 Å². The van der Waals surface area contributed by atoms with Crippen molar-refractivity contribution in [2.45, 2.75) is 24.9 Å². The number of fused-ring (bicyclic) bond motifs is 2. The van der Waals surface area contributed by atoms with Crippen LogP contribution in [0, 0.1) is 0 Å². The topological polar surface area (TPSA) is 132 Å². The summed E-state index contributed by atoms with van der Waals surface area (Å²) < 4.78 is 11.3. The lowest BCUT2D eigenvalue weighted by atomic mass is 9.83. The molecule has 0 bridgehead atoms. The van der Waals surface area contributed by atoms with Gasteiger partial charge in [0.25, 0.3) is 0 Å². The lowest BCUT2D eigenvalue weighted by Gasteiger charge is -2.38. The summed E-state index contributed by atoms with van der Waals surface area (Å²) in [6, 6.07) is 20.5. The molecule has 9 nitrogen and oxygen atoms in total. The zero-order valence-corrected chi connectivity index (χ0v) is 21.2. The zero-order chi connectivity index (χ0) is 27.1. The number of nitrogens with one attached hydrogen (secondary N) is 1. The highest BCUT2D eigenvalue weighted by molar-refractivity contribution is 6.27. The molecule has 0 aliphatic carbocycles. The molecule has 38 heavy (non-hydrogen) atoms. The zero-order valence-electron chi connectivity index (χ0n) is 21.2. The van der Waals surface area contributed by atoms with Crippen LogP contribution in [0.2, 0.25) is 0 Å². The number of aliphatic hydroxyl groups is 1. The standard InChI is InChI=1S/C27H30N2O3.C2H2O4/c1-31-23-9-7-20-18-22(8-6-21(20)19-23)27(30)11-15-29(16-12-27)14-3-17-32-26-5-2-4-25-24(26)10-13-28-25;3-1(4)2(5)6/h2,4-10,13,18-19,28,30H,3,11-12,14-17H2,1H3;(H,3,4)(H,5,6). The van der Waals surface area contributed by atoms with E-state index in [0.717, 1.165) is 77.6 Å². The average molecular weight is 521 g/mol. The van der Waals surface area contributed by atoms with E-state index in [0.29, 0.717) is 6.61 Å². The van der Waals surface area contributed by atoms with Gasteiger partial charge in [-0.2, -0.15) is 0 Å². The number of benzene rings is 3. The molecule has 0 spiro atoms. The molecule has 1 fully saturated rings. The summed E-state index contributed by atoms with van der Waals surface area (Å²) >= 11 is 0. The summed E-state index contributed by atoms with van der Waals surface area (Å²) in [4.78, 5) is 23.9. The quantitative estimate of drug-likeness (QED) is 0.210. The number of carbonyl (C=O) groups is 2. The SMILES string of the molecule is COc1ccc2cc(C3(O)CCN(CCCOc4cccc5[nH]ccc45)CC3)ccc2c1.O=C(O)C(=O)O. The lowest BCUT2D eigenvalue weighted by Crippen LogP contribution is -2.43. The van der Waals surface area contributed by atoms with Crippen LogP contribution in [-0.2, 0) is 15.2 Å². The Morgan fingerprint density at radius 2 is 1.68 bits per heavy atom. The number of piperidine rings is 1.